The Balaban J connectivity index is 1.98. The molecule has 20 heavy (non-hydrogen) atoms. The molecule has 0 aromatic heterocycles. The van der Waals surface area contributed by atoms with Crippen LogP contribution in [0.25, 0.3) is 0 Å². The van der Waals surface area contributed by atoms with E-state index in [0.717, 1.165) is 0 Å². The van der Waals surface area contributed by atoms with Crippen LogP contribution in [-0.2, 0) is 14.3 Å². The highest BCUT2D eigenvalue weighted by molar-refractivity contribution is 6.39. The average Bonchev–Trinajstić information content (AvgIpc) is 2.39. The van der Waals surface area contributed by atoms with Crippen LogP contribution in [0, 0.1) is 0 Å². The Morgan fingerprint density at radius 3 is 2.30 bits per heavy atom. The van der Waals surface area contributed by atoms with Gasteiger partial charge in [0.1, 0.15) is 5.75 Å². The van der Waals surface area contributed by atoms with Crippen molar-refractivity contribution < 1.29 is 19.4 Å². The molecule has 2 atom stereocenters. The lowest BCUT2D eigenvalue weighted by Crippen LogP contribution is -2.51. The Morgan fingerprint density at radius 1 is 1.20 bits per heavy atom. The van der Waals surface area contributed by atoms with E-state index in [1.807, 2.05) is 13.8 Å². The van der Waals surface area contributed by atoms with Crippen molar-refractivity contribution in [2.45, 2.75) is 26.1 Å². The van der Waals surface area contributed by atoms with Crippen LogP contribution in [0.5, 0.6) is 5.75 Å². The zero-order valence-corrected chi connectivity index (χ0v) is 11.5. The third kappa shape index (κ3) is 3.48. The number of rotatable bonds is 1. The first-order chi connectivity index (χ1) is 9.45. The van der Waals surface area contributed by atoms with Crippen LogP contribution < -0.4 is 5.32 Å². The summed E-state index contributed by atoms with van der Waals surface area (Å²) in [5.74, 6) is -1.15. The van der Waals surface area contributed by atoms with Gasteiger partial charge in [-0.2, -0.15) is 0 Å². The highest BCUT2D eigenvalue weighted by Gasteiger charge is 2.29. The fourth-order valence-electron chi connectivity index (χ4n) is 2.22. The Morgan fingerprint density at radius 2 is 1.75 bits per heavy atom. The van der Waals surface area contributed by atoms with E-state index < -0.39 is 11.8 Å². The van der Waals surface area contributed by atoms with Gasteiger partial charge in [0.05, 0.1) is 12.2 Å². The molecule has 6 nitrogen and oxygen atoms in total. The summed E-state index contributed by atoms with van der Waals surface area (Å²) in [7, 11) is 0. The topological polar surface area (TPSA) is 78.9 Å². The summed E-state index contributed by atoms with van der Waals surface area (Å²) in [6.07, 6.45) is -0.159. The molecule has 1 aliphatic heterocycles. The van der Waals surface area contributed by atoms with Gasteiger partial charge in [0.25, 0.3) is 0 Å². The number of benzene rings is 1. The van der Waals surface area contributed by atoms with Crippen LogP contribution in [-0.4, -0.2) is 47.1 Å². The number of phenolic OH excluding ortho intramolecular Hbond substituents is 1. The van der Waals surface area contributed by atoms with Crippen LogP contribution >= 0.6 is 0 Å². The molecule has 1 heterocycles. The molecule has 1 fully saturated rings. The smallest absolute Gasteiger partial charge is 0.313 e. The largest absolute Gasteiger partial charge is 0.508 e. The number of nitrogens with one attached hydrogen (secondary N) is 1. The summed E-state index contributed by atoms with van der Waals surface area (Å²) in [6.45, 7) is 4.56. The highest BCUT2D eigenvalue weighted by Crippen LogP contribution is 2.15. The first-order valence-corrected chi connectivity index (χ1v) is 6.50. The van der Waals surface area contributed by atoms with Crippen LogP contribution in [0.4, 0.5) is 5.69 Å². The number of ether oxygens (including phenoxy) is 1. The van der Waals surface area contributed by atoms with E-state index in [1.165, 1.54) is 29.2 Å². The molecule has 1 saturated heterocycles. The first-order valence-electron chi connectivity index (χ1n) is 6.50. The summed E-state index contributed by atoms with van der Waals surface area (Å²) >= 11 is 0. The molecule has 0 spiro atoms. The van der Waals surface area contributed by atoms with E-state index in [9.17, 15) is 9.59 Å². The van der Waals surface area contributed by atoms with Crippen LogP contribution in [0.1, 0.15) is 13.8 Å². The molecule has 2 rings (SSSR count). The number of anilines is 1. The highest BCUT2D eigenvalue weighted by atomic mass is 16.5. The standard InChI is InChI=1S/C14H18N2O4/c1-9-7-16(8-10(2)20-9)14(19)13(18)15-11-3-5-12(17)6-4-11/h3-6,9-10,17H,7-8H2,1-2H3,(H,15,18). The maximum Gasteiger partial charge on any atom is 0.313 e. The molecule has 2 amide bonds. The Bertz CT molecular complexity index is 490. The van der Waals surface area contributed by atoms with E-state index in [0.29, 0.717) is 18.8 Å². The van der Waals surface area contributed by atoms with E-state index >= 15 is 0 Å². The molecule has 0 saturated carbocycles. The molecule has 2 unspecified atom stereocenters. The summed E-state index contributed by atoms with van der Waals surface area (Å²) < 4.78 is 5.52. The maximum absolute atomic E-state index is 12.1. The quantitative estimate of drug-likeness (QED) is 0.592. The van der Waals surface area contributed by atoms with Gasteiger partial charge in [0.2, 0.25) is 0 Å². The lowest BCUT2D eigenvalue weighted by atomic mass is 10.2. The average molecular weight is 278 g/mol. The number of nitrogens with zero attached hydrogens (tertiary/aromatic N) is 1. The second kappa shape index (κ2) is 5.92. The molecule has 0 radical (unpaired) electrons. The third-order valence-electron chi connectivity index (χ3n) is 3.03. The molecule has 1 aromatic rings. The summed E-state index contributed by atoms with van der Waals surface area (Å²) in [6, 6.07) is 5.95. The maximum atomic E-state index is 12.1. The summed E-state index contributed by atoms with van der Waals surface area (Å²) in [5, 5.41) is 11.7. The van der Waals surface area contributed by atoms with Crippen LogP contribution in [0.15, 0.2) is 24.3 Å². The van der Waals surface area contributed by atoms with E-state index in [2.05, 4.69) is 5.32 Å². The van der Waals surface area contributed by atoms with Crippen molar-refractivity contribution in [3.05, 3.63) is 24.3 Å². The van der Waals surface area contributed by atoms with Gasteiger partial charge in [-0.3, -0.25) is 9.59 Å². The number of aromatic hydroxyl groups is 1. The lowest BCUT2D eigenvalue weighted by molar-refractivity contribution is -0.151. The van der Waals surface area contributed by atoms with Crippen molar-refractivity contribution in [2.24, 2.45) is 0 Å². The van der Waals surface area contributed by atoms with Crippen LogP contribution in [0.3, 0.4) is 0 Å². The predicted octanol–water partition coefficient (Wildman–Crippen LogP) is 0.966. The second-order valence-electron chi connectivity index (χ2n) is 4.97. The van der Waals surface area contributed by atoms with Crippen molar-refractivity contribution in [3.8, 4) is 5.75 Å². The van der Waals surface area contributed by atoms with Gasteiger partial charge in [0.15, 0.2) is 0 Å². The van der Waals surface area contributed by atoms with Crippen molar-refractivity contribution in [3.63, 3.8) is 0 Å². The number of carbonyl (C=O) groups excluding carboxylic acids is 2. The predicted molar refractivity (Wildman–Crippen MR) is 73.3 cm³/mol. The van der Waals surface area contributed by atoms with E-state index in [-0.39, 0.29) is 18.0 Å². The number of phenols is 1. The minimum absolute atomic E-state index is 0.0795. The fraction of sp³-hybridized carbons (Fsp3) is 0.429. The minimum Gasteiger partial charge on any atom is -0.508 e. The minimum atomic E-state index is -0.683. The van der Waals surface area contributed by atoms with Gasteiger partial charge < -0.3 is 20.1 Å². The number of amides is 2. The van der Waals surface area contributed by atoms with Gasteiger partial charge in [-0.1, -0.05) is 0 Å². The van der Waals surface area contributed by atoms with Crippen molar-refractivity contribution >= 4 is 17.5 Å². The molecule has 0 aliphatic carbocycles. The zero-order chi connectivity index (χ0) is 14.7. The molecule has 108 valence electrons. The van der Waals surface area contributed by atoms with E-state index in [4.69, 9.17) is 9.84 Å². The fourth-order valence-corrected chi connectivity index (χ4v) is 2.22. The lowest BCUT2D eigenvalue weighted by Gasteiger charge is -2.34. The van der Waals surface area contributed by atoms with Gasteiger partial charge in [-0.05, 0) is 38.1 Å². The molecular weight excluding hydrogens is 260 g/mol. The molecule has 1 aromatic carbocycles. The molecule has 2 N–H and O–H groups in total. The monoisotopic (exact) mass is 278 g/mol. The van der Waals surface area contributed by atoms with Gasteiger partial charge in [-0.25, -0.2) is 0 Å². The Labute approximate surface area is 117 Å². The molecule has 1 aliphatic rings. The zero-order valence-electron chi connectivity index (χ0n) is 11.5. The molecule has 6 heteroatoms. The number of morpholine rings is 1. The second-order valence-corrected chi connectivity index (χ2v) is 4.97. The summed E-state index contributed by atoms with van der Waals surface area (Å²) in [5.41, 5.74) is 0.468. The Kier molecular flexibility index (Phi) is 4.24. The molecule has 0 bridgehead atoms. The summed E-state index contributed by atoms with van der Waals surface area (Å²) in [4.78, 5) is 25.5. The molecular formula is C14H18N2O4. The third-order valence-corrected chi connectivity index (χ3v) is 3.03. The van der Waals surface area contributed by atoms with Gasteiger partial charge >= 0.3 is 11.8 Å². The first kappa shape index (κ1) is 14.3. The SMILES string of the molecule is CC1CN(C(=O)C(=O)Nc2ccc(O)cc2)CC(C)O1. The van der Waals surface area contributed by atoms with Gasteiger partial charge in [0, 0.05) is 18.8 Å². The number of carbonyl (C=O) groups is 2. The van der Waals surface area contributed by atoms with E-state index in [1.54, 1.807) is 0 Å². The van der Waals surface area contributed by atoms with Crippen molar-refractivity contribution in [1.82, 2.24) is 4.90 Å². The van der Waals surface area contributed by atoms with Crippen LogP contribution in [0.2, 0.25) is 0 Å². The van der Waals surface area contributed by atoms with Gasteiger partial charge in [-0.15, -0.1) is 0 Å². The van der Waals surface area contributed by atoms with Crippen molar-refractivity contribution in [1.29, 1.82) is 0 Å². The van der Waals surface area contributed by atoms with Crippen molar-refractivity contribution in [2.75, 3.05) is 18.4 Å². The normalized spacial score (nSPS) is 22.4. The Hall–Kier alpha value is -2.08. The number of hydrogen-bond acceptors (Lipinski definition) is 4. The number of hydrogen-bond donors (Lipinski definition) is 2.